The van der Waals surface area contributed by atoms with Crippen molar-refractivity contribution in [3.8, 4) is 0 Å². The Bertz CT molecular complexity index is 747. The lowest BCUT2D eigenvalue weighted by Crippen LogP contribution is -2.18. The third-order valence-corrected chi connectivity index (χ3v) is 3.87. The molecule has 0 aliphatic rings. The van der Waals surface area contributed by atoms with Gasteiger partial charge in [0.2, 0.25) is 5.91 Å². The van der Waals surface area contributed by atoms with Gasteiger partial charge in [-0.25, -0.2) is 4.79 Å². The number of hydrogen-bond acceptors (Lipinski definition) is 4. The molecule has 2 rings (SSSR count). The predicted octanol–water partition coefficient (Wildman–Crippen LogP) is 3.88. The fraction of sp³-hybridized carbons (Fsp3) is 0.222. The van der Waals surface area contributed by atoms with Crippen molar-refractivity contribution >= 4 is 34.9 Å². The van der Waals surface area contributed by atoms with Gasteiger partial charge < -0.3 is 15.4 Å². The van der Waals surface area contributed by atoms with Gasteiger partial charge in [-0.05, 0) is 36.8 Å². The number of carbonyl (C=O) groups excluding carboxylic acids is 2. The highest BCUT2D eigenvalue weighted by atomic mass is 35.5. The Morgan fingerprint density at radius 3 is 2.62 bits per heavy atom. The SMILES string of the molecule is COC(=O)c1ccccc1NC(=O)CCNc1ccc(C)c(Cl)c1. The van der Waals surface area contributed by atoms with Gasteiger partial charge in [-0.15, -0.1) is 0 Å². The van der Waals surface area contributed by atoms with Crippen LogP contribution in [0.4, 0.5) is 11.4 Å². The Balaban J connectivity index is 1.90. The smallest absolute Gasteiger partial charge is 0.339 e. The van der Waals surface area contributed by atoms with E-state index in [1.807, 2.05) is 25.1 Å². The van der Waals surface area contributed by atoms with E-state index in [-0.39, 0.29) is 12.3 Å². The van der Waals surface area contributed by atoms with Crippen LogP contribution in [0.25, 0.3) is 0 Å². The molecule has 2 N–H and O–H groups in total. The van der Waals surface area contributed by atoms with Crippen LogP contribution in [0.15, 0.2) is 42.5 Å². The van der Waals surface area contributed by atoms with Gasteiger partial charge in [0.25, 0.3) is 0 Å². The van der Waals surface area contributed by atoms with E-state index < -0.39 is 5.97 Å². The van der Waals surface area contributed by atoms with Crippen LogP contribution in [-0.4, -0.2) is 25.5 Å². The monoisotopic (exact) mass is 346 g/mol. The van der Waals surface area contributed by atoms with Crippen molar-refractivity contribution in [3.63, 3.8) is 0 Å². The second-order valence-corrected chi connectivity index (χ2v) is 5.63. The highest BCUT2D eigenvalue weighted by molar-refractivity contribution is 6.31. The van der Waals surface area contributed by atoms with Crippen molar-refractivity contribution in [1.29, 1.82) is 0 Å². The largest absolute Gasteiger partial charge is 0.465 e. The number of hydrogen-bond donors (Lipinski definition) is 2. The first-order chi connectivity index (χ1) is 11.5. The Morgan fingerprint density at radius 2 is 1.92 bits per heavy atom. The topological polar surface area (TPSA) is 67.4 Å². The minimum absolute atomic E-state index is 0.197. The molecule has 0 aromatic heterocycles. The van der Waals surface area contributed by atoms with Gasteiger partial charge >= 0.3 is 5.97 Å². The first-order valence-electron chi connectivity index (χ1n) is 7.48. The summed E-state index contributed by atoms with van der Waals surface area (Å²) < 4.78 is 4.70. The van der Waals surface area contributed by atoms with Crippen molar-refractivity contribution in [1.82, 2.24) is 0 Å². The van der Waals surface area contributed by atoms with E-state index >= 15 is 0 Å². The minimum atomic E-state index is -0.488. The lowest BCUT2D eigenvalue weighted by molar-refractivity contribution is -0.115. The minimum Gasteiger partial charge on any atom is -0.465 e. The van der Waals surface area contributed by atoms with E-state index in [9.17, 15) is 9.59 Å². The standard InChI is InChI=1S/C18H19ClN2O3/c1-12-7-8-13(11-15(12)19)20-10-9-17(22)21-16-6-4-3-5-14(16)18(23)24-2/h3-8,11,20H,9-10H2,1-2H3,(H,21,22). The highest BCUT2D eigenvalue weighted by Gasteiger charge is 2.12. The molecule has 0 saturated heterocycles. The average molecular weight is 347 g/mol. The first kappa shape index (κ1) is 17.8. The van der Waals surface area contributed by atoms with Crippen molar-refractivity contribution in [2.24, 2.45) is 0 Å². The van der Waals surface area contributed by atoms with Crippen LogP contribution in [0.5, 0.6) is 0 Å². The average Bonchev–Trinajstić information content (AvgIpc) is 2.58. The molecule has 0 bridgehead atoms. The fourth-order valence-electron chi connectivity index (χ4n) is 2.12. The van der Waals surface area contributed by atoms with Crippen molar-refractivity contribution in [2.45, 2.75) is 13.3 Å². The number of benzene rings is 2. The molecule has 24 heavy (non-hydrogen) atoms. The maximum absolute atomic E-state index is 12.1. The van der Waals surface area contributed by atoms with Crippen LogP contribution in [0.3, 0.4) is 0 Å². The molecule has 0 heterocycles. The Kier molecular flexibility index (Phi) is 6.21. The van der Waals surface area contributed by atoms with Gasteiger partial charge in [0.15, 0.2) is 0 Å². The number of carbonyl (C=O) groups is 2. The third kappa shape index (κ3) is 4.73. The van der Waals surface area contributed by atoms with E-state index in [1.165, 1.54) is 7.11 Å². The number of nitrogens with one attached hydrogen (secondary N) is 2. The number of amides is 1. The summed E-state index contributed by atoms with van der Waals surface area (Å²) in [6.45, 7) is 2.38. The van der Waals surface area contributed by atoms with Gasteiger partial charge in [-0.1, -0.05) is 29.8 Å². The van der Waals surface area contributed by atoms with Crippen LogP contribution < -0.4 is 10.6 Å². The van der Waals surface area contributed by atoms with E-state index in [2.05, 4.69) is 10.6 Å². The first-order valence-corrected chi connectivity index (χ1v) is 7.86. The van der Waals surface area contributed by atoms with Gasteiger partial charge in [0, 0.05) is 23.7 Å². The second kappa shape index (κ2) is 8.36. The summed E-state index contributed by atoms with van der Waals surface area (Å²) in [5.74, 6) is -0.685. The quantitative estimate of drug-likeness (QED) is 0.779. The zero-order valence-electron chi connectivity index (χ0n) is 13.6. The Labute approximate surface area is 146 Å². The number of rotatable bonds is 6. The molecule has 126 valence electrons. The number of esters is 1. The molecule has 6 heteroatoms. The number of para-hydroxylation sites is 1. The molecule has 0 radical (unpaired) electrons. The highest BCUT2D eigenvalue weighted by Crippen LogP contribution is 2.20. The van der Waals surface area contributed by atoms with E-state index in [4.69, 9.17) is 16.3 Å². The molecule has 0 aliphatic heterocycles. The predicted molar refractivity (Wildman–Crippen MR) is 95.7 cm³/mol. The molecule has 0 aliphatic carbocycles. The summed E-state index contributed by atoms with van der Waals surface area (Å²) >= 11 is 6.06. The molecule has 5 nitrogen and oxygen atoms in total. The van der Waals surface area contributed by atoms with E-state index in [0.29, 0.717) is 22.8 Å². The lowest BCUT2D eigenvalue weighted by Gasteiger charge is -2.11. The van der Waals surface area contributed by atoms with Crippen LogP contribution in [0.2, 0.25) is 5.02 Å². The van der Waals surface area contributed by atoms with E-state index in [0.717, 1.165) is 11.3 Å². The second-order valence-electron chi connectivity index (χ2n) is 5.23. The molecular weight excluding hydrogens is 328 g/mol. The zero-order valence-corrected chi connectivity index (χ0v) is 14.3. The lowest BCUT2D eigenvalue weighted by atomic mass is 10.1. The molecule has 2 aromatic carbocycles. The van der Waals surface area contributed by atoms with Crippen molar-refractivity contribution in [3.05, 3.63) is 58.6 Å². The number of aryl methyl sites for hydroxylation is 1. The van der Waals surface area contributed by atoms with Crippen LogP contribution in [-0.2, 0) is 9.53 Å². The number of ether oxygens (including phenoxy) is 1. The number of anilines is 2. The summed E-state index contributed by atoms with van der Waals surface area (Å²) in [6, 6.07) is 12.4. The molecule has 0 unspecified atom stereocenters. The molecule has 0 saturated carbocycles. The van der Waals surface area contributed by atoms with Crippen LogP contribution in [0.1, 0.15) is 22.3 Å². The number of methoxy groups -OCH3 is 1. The summed E-state index contributed by atoms with van der Waals surface area (Å²) in [5, 5.41) is 6.54. The third-order valence-electron chi connectivity index (χ3n) is 3.46. The maximum Gasteiger partial charge on any atom is 0.339 e. The molecule has 1 amide bonds. The Hall–Kier alpha value is -2.53. The van der Waals surface area contributed by atoms with Crippen molar-refractivity contribution < 1.29 is 14.3 Å². The molecule has 0 atom stereocenters. The maximum atomic E-state index is 12.1. The van der Waals surface area contributed by atoms with Crippen molar-refractivity contribution in [2.75, 3.05) is 24.3 Å². The van der Waals surface area contributed by atoms with E-state index in [1.54, 1.807) is 24.3 Å². The van der Waals surface area contributed by atoms with Gasteiger partial charge in [-0.3, -0.25) is 4.79 Å². The molecule has 0 fully saturated rings. The number of halogens is 1. The van der Waals surface area contributed by atoms with Gasteiger partial charge in [0.1, 0.15) is 0 Å². The summed E-state index contributed by atoms with van der Waals surface area (Å²) in [6.07, 6.45) is 0.251. The van der Waals surface area contributed by atoms with Gasteiger partial charge in [-0.2, -0.15) is 0 Å². The zero-order chi connectivity index (χ0) is 17.5. The normalized spacial score (nSPS) is 10.1. The summed E-state index contributed by atoms with van der Waals surface area (Å²) in [5.41, 5.74) is 2.62. The fourth-order valence-corrected chi connectivity index (χ4v) is 2.30. The van der Waals surface area contributed by atoms with Crippen LogP contribution in [0, 0.1) is 6.92 Å². The van der Waals surface area contributed by atoms with Gasteiger partial charge in [0.05, 0.1) is 18.4 Å². The molecular formula is C18H19ClN2O3. The summed E-state index contributed by atoms with van der Waals surface area (Å²) in [7, 11) is 1.30. The van der Waals surface area contributed by atoms with Crippen LogP contribution >= 0.6 is 11.6 Å². The summed E-state index contributed by atoms with van der Waals surface area (Å²) in [4.78, 5) is 23.7. The molecule has 2 aromatic rings. The molecule has 0 spiro atoms. The Morgan fingerprint density at radius 1 is 1.17 bits per heavy atom.